The number of carbonyl (C=O) groups is 1. The lowest BCUT2D eigenvalue weighted by Gasteiger charge is -2.33. The highest BCUT2D eigenvalue weighted by Gasteiger charge is 2.22. The summed E-state index contributed by atoms with van der Waals surface area (Å²) in [7, 11) is 2.04. The molecule has 0 bridgehead atoms. The third-order valence-electron chi connectivity index (χ3n) is 4.20. The molecule has 5 heteroatoms. The second kappa shape index (κ2) is 7.52. The van der Waals surface area contributed by atoms with Crippen LogP contribution in [0.3, 0.4) is 0 Å². The van der Waals surface area contributed by atoms with E-state index in [1.54, 1.807) is 18.2 Å². The van der Waals surface area contributed by atoms with Crippen LogP contribution in [0.5, 0.6) is 0 Å². The molecule has 0 saturated heterocycles. The van der Waals surface area contributed by atoms with Gasteiger partial charge < -0.3 is 16.0 Å². The molecule has 0 spiro atoms. The largest absolute Gasteiger partial charge is 0.328 e. The van der Waals surface area contributed by atoms with Gasteiger partial charge in [0.25, 0.3) is 0 Å². The summed E-state index contributed by atoms with van der Waals surface area (Å²) in [5.74, 6) is -0.556. The van der Waals surface area contributed by atoms with Gasteiger partial charge in [0, 0.05) is 25.0 Å². The second-order valence-corrected chi connectivity index (χ2v) is 5.83. The highest BCUT2D eigenvalue weighted by Crippen LogP contribution is 2.21. The van der Waals surface area contributed by atoms with Gasteiger partial charge in [0.15, 0.2) is 0 Å². The Morgan fingerprint density at radius 1 is 1.33 bits per heavy atom. The maximum Gasteiger partial charge on any atom is 0.225 e. The van der Waals surface area contributed by atoms with Gasteiger partial charge in [-0.3, -0.25) is 4.79 Å². The molecule has 2 rings (SSSR count). The van der Waals surface area contributed by atoms with Crippen molar-refractivity contribution in [2.75, 3.05) is 18.9 Å². The molecule has 0 atom stereocenters. The quantitative estimate of drug-likeness (QED) is 0.876. The lowest BCUT2D eigenvalue weighted by Crippen LogP contribution is -2.39. The van der Waals surface area contributed by atoms with E-state index in [0.717, 1.165) is 25.7 Å². The molecule has 3 N–H and O–H groups in total. The fourth-order valence-electron chi connectivity index (χ4n) is 2.78. The van der Waals surface area contributed by atoms with Gasteiger partial charge in [0.1, 0.15) is 5.82 Å². The molecule has 1 aliphatic rings. The Kier molecular flexibility index (Phi) is 5.70. The Balaban J connectivity index is 1.75. The smallest absolute Gasteiger partial charge is 0.225 e. The van der Waals surface area contributed by atoms with Crippen molar-refractivity contribution >= 4 is 11.6 Å². The van der Waals surface area contributed by atoms with E-state index in [1.165, 1.54) is 6.07 Å². The highest BCUT2D eigenvalue weighted by atomic mass is 19.1. The maximum atomic E-state index is 13.4. The summed E-state index contributed by atoms with van der Waals surface area (Å²) >= 11 is 0. The van der Waals surface area contributed by atoms with E-state index in [1.807, 2.05) is 7.05 Å². The van der Waals surface area contributed by atoms with Crippen molar-refractivity contribution in [2.45, 2.75) is 44.2 Å². The van der Waals surface area contributed by atoms with Crippen LogP contribution in [-0.4, -0.2) is 36.5 Å². The zero-order valence-corrected chi connectivity index (χ0v) is 12.5. The summed E-state index contributed by atoms with van der Waals surface area (Å²) in [4.78, 5) is 14.1. The topological polar surface area (TPSA) is 58.4 Å². The Morgan fingerprint density at radius 3 is 2.67 bits per heavy atom. The van der Waals surface area contributed by atoms with Gasteiger partial charge in [-0.1, -0.05) is 12.1 Å². The van der Waals surface area contributed by atoms with Crippen LogP contribution >= 0.6 is 0 Å². The Hall–Kier alpha value is -1.46. The number of halogens is 1. The van der Waals surface area contributed by atoms with Crippen molar-refractivity contribution in [3.8, 4) is 0 Å². The van der Waals surface area contributed by atoms with Crippen LogP contribution in [0.2, 0.25) is 0 Å². The van der Waals surface area contributed by atoms with E-state index < -0.39 is 5.82 Å². The molecule has 0 aromatic heterocycles. The van der Waals surface area contributed by atoms with Crippen LogP contribution in [0.25, 0.3) is 0 Å². The van der Waals surface area contributed by atoms with Crippen molar-refractivity contribution in [2.24, 2.45) is 5.73 Å². The fraction of sp³-hybridized carbons (Fsp3) is 0.562. The van der Waals surface area contributed by atoms with E-state index in [2.05, 4.69) is 10.2 Å². The normalized spacial score (nSPS) is 22.3. The summed E-state index contributed by atoms with van der Waals surface area (Å²) in [6.07, 6.45) is 4.65. The highest BCUT2D eigenvalue weighted by molar-refractivity contribution is 5.90. The van der Waals surface area contributed by atoms with Crippen LogP contribution in [0.4, 0.5) is 10.1 Å². The van der Waals surface area contributed by atoms with E-state index in [9.17, 15) is 9.18 Å². The fourth-order valence-corrected chi connectivity index (χ4v) is 2.78. The number of hydrogen-bond acceptors (Lipinski definition) is 3. The molecule has 0 aliphatic heterocycles. The molecule has 0 radical (unpaired) electrons. The van der Waals surface area contributed by atoms with Crippen LogP contribution in [-0.2, 0) is 4.79 Å². The van der Waals surface area contributed by atoms with Crippen LogP contribution < -0.4 is 11.1 Å². The molecule has 1 saturated carbocycles. The van der Waals surface area contributed by atoms with Gasteiger partial charge in [-0.25, -0.2) is 4.39 Å². The lowest BCUT2D eigenvalue weighted by atomic mass is 9.91. The first-order chi connectivity index (χ1) is 10.1. The number of benzene rings is 1. The summed E-state index contributed by atoms with van der Waals surface area (Å²) < 4.78 is 13.4. The lowest BCUT2D eigenvalue weighted by molar-refractivity contribution is -0.116. The number of nitrogens with two attached hydrogens (primary N) is 1. The third-order valence-corrected chi connectivity index (χ3v) is 4.20. The van der Waals surface area contributed by atoms with Gasteiger partial charge in [-0.05, 0) is 44.9 Å². The van der Waals surface area contributed by atoms with Gasteiger partial charge in [0.05, 0.1) is 5.69 Å². The molecule has 1 aromatic rings. The Morgan fingerprint density at radius 2 is 2.00 bits per heavy atom. The first-order valence-electron chi connectivity index (χ1n) is 7.56. The molecular weight excluding hydrogens is 269 g/mol. The number of nitrogens with one attached hydrogen (secondary N) is 1. The summed E-state index contributed by atoms with van der Waals surface area (Å²) in [6, 6.07) is 7.06. The van der Waals surface area contributed by atoms with Crippen molar-refractivity contribution in [3.63, 3.8) is 0 Å². The van der Waals surface area contributed by atoms with E-state index in [4.69, 9.17) is 5.73 Å². The van der Waals surface area contributed by atoms with Gasteiger partial charge in [-0.15, -0.1) is 0 Å². The molecule has 1 aliphatic carbocycles. The minimum absolute atomic E-state index is 0.153. The number of carbonyl (C=O) groups excluding carboxylic acids is 1. The minimum atomic E-state index is -0.402. The summed E-state index contributed by atoms with van der Waals surface area (Å²) in [6.45, 7) is 0.681. The standard InChI is InChI=1S/C16H24FN3O/c1-20(13-8-6-12(18)7-9-13)11-10-16(21)19-15-5-3-2-4-14(15)17/h2-5,12-13H,6-11,18H2,1H3,(H,19,21). The summed E-state index contributed by atoms with van der Waals surface area (Å²) in [5, 5.41) is 2.61. The molecular formula is C16H24FN3O. The predicted molar refractivity (Wildman–Crippen MR) is 82.5 cm³/mol. The number of rotatable bonds is 5. The molecule has 21 heavy (non-hydrogen) atoms. The SMILES string of the molecule is CN(CCC(=O)Nc1ccccc1F)C1CCC(N)CC1. The van der Waals surface area contributed by atoms with E-state index in [0.29, 0.717) is 25.0 Å². The van der Waals surface area contributed by atoms with Crippen molar-refractivity contribution in [3.05, 3.63) is 30.1 Å². The van der Waals surface area contributed by atoms with Crippen molar-refractivity contribution < 1.29 is 9.18 Å². The van der Waals surface area contributed by atoms with E-state index in [-0.39, 0.29) is 11.6 Å². The molecule has 116 valence electrons. The van der Waals surface area contributed by atoms with Gasteiger partial charge in [0.2, 0.25) is 5.91 Å². The maximum absolute atomic E-state index is 13.4. The molecule has 4 nitrogen and oxygen atoms in total. The number of hydrogen-bond donors (Lipinski definition) is 2. The van der Waals surface area contributed by atoms with Crippen molar-refractivity contribution in [1.29, 1.82) is 0 Å². The monoisotopic (exact) mass is 293 g/mol. The molecule has 0 unspecified atom stereocenters. The zero-order valence-electron chi connectivity index (χ0n) is 12.5. The number of amides is 1. The predicted octanol–water partition coefficient (Wildman–Crippen LogP) is 2.36. The average molecular weight is 293 g/mol. The first-order valence-corrected chi connectivity index (χ1v) is 7.56. The molecule has 0 heterocycles. The number of para-hydroxylation sites is 1. The molecule has 1 amide bonds. The summed E-state index contributed by atoms with van der Waals surface area (Å²) in [5.41, 5.74) is 6.15. The second-order valence-electron chi connectivity index (χ2n) is 5.83. The van der Waals surface area contributed by atoms with Crippen LogP contribution in [0.1, 0.15) is 32.1 Å². The first kappa shape index (κ1) is 15.9. The third kappa shape index (κ3) is 4.79. The Labute approximate surface area is 125 Å². The van der Waals surface area contributed by atoms with Crippen LogP contribution in [0.15, 0.2) is 24.3 Å². The van der Waals surface area contributed by atoms with Gasteiger partial charge in [-0.2, -0.15) is 0 Å². The number of nitrogens with zero attached hydrogens (tertiary/aromatic N) is 1. The van der Waals surface area contributed by atoms with Gasteiger partial charge >= 0.3 is 0 Å². The Bertz CT molecular complexity index is 472. The van der Waals surface area contributed by atoms with E-state index >= 15 is 0 Å². The molecule has 1 fully saturated rings. The number of anilines is 1. The molecule has 1 aromatic carbocycles. The average Bonchev–Trinajstić information content (AvgIpc) is 2.48. The minimum Gasteiger partial charge on any atom is -0.328 e. The zero-order chi connectivity index (χ0) is 15.2. The van der Waals surface area contributed by atoms with Crippen LogP contribution in [0, 0.1) is 5.82 Å². The van der Waals surface area contributed by atoms with Crippen molar-refractivity contribution in [1.82, 2.24) is 4.90 Å².